The molecule has 11 heteroatoms. The fraction of sp³-hybridized carbons (Fsp3) is 0.280. The molecule has 0 spiro atoms. The Kier molecular flexibility index (Phi) is 8.50. The van der Waals surface area contributed by atoms with Crippen LogP contribution in [0, 0.1) is 6.92 Å². The highest BCUT2D eigenvalue weighted by Gasteiger charge is 2.23. The fourth-order valence-electron chi connectivity index (χ4n) is 3.79. The van der Waals surface area contributed by atoms with Crippen molar-refractivity contribution in [2.24, 2.45) is 0 Å². The summed E-state index contributed by atoms with van der Waals surface area (Å²) in [5, 5.41) is 6.41. The smallest absolute Gasteiger partial charge is 0.274 e. The summed E-state index contributed by atoms with van der Waals surface area (Å²) in [5.74, 6) is 0.188. The van der Waals surface area contributed by atoms with E-state index < -0.39 is 16.7 Å². The summed E-state index contributed by atoms with van der Waals surface area (Å²) < 4.78 is 18.3. The van der Waals surface area contributed by atoms with Gasteiger partial charge in [0, 0.05) is 39.4 Å². The first-order valence-electron chi connectivity index (χ1n) is 11.4. The van der Waals surface area contributed by atoms with Gasteiger partial charge in [-0.1, -0.05) is 17.7 Å². The summed E-state index contributed by atoms with van der Waals surface area (Å²) >= 11 is 5.87. The number of anilines is 1. The maximum absolute atomic E-state index is 13.4. The molecule has 1 aromatic carbocycles. The van der Waals surface area contributed by atoms with E-state index in [0.29, 0.717) is 38.2 Å². The zero-order chi connectivity index (χ0) is 25.7. The Morgan fingerprint density at radius 3 is 2.64 bits per heavy atom. The van der Waals surface area contributed by atoms with Gasteiger partial charge in [0.25, 0.3) is 13.2 Å². The first kappa shape index (κ1) is 26.0. The number of hydrogen-bond acceptors (Lipinski definition) is 7. The molecule has 1 unspecified atom stereocenters. The van der Waals surface area contributed by atoms with Crippen LogP contribution in [0.1, 0.15) is 39.4 Å². The summed E-state index contributed by atoms with van der Waals surface area (Å²) in [6, 6.07) is 11.5. The molecule has 0 saturated carbocycles. The molecule has 1 amide bonds. The topological polar surface area (TPSA) is 110 Å². The van der Waals surface area contributed by atoms with E-state index in [9.17, 15) is 13.8 Å². The van der Waals surface area contributed by atoms with Gasteiger partial charge in [0.15, 0.2) is 0 Å². The molecule has 0 aliphatic carbocycles. The monoisotopic (exact) mass is 523 g/mol. The average molecular weight is 524 g/mol. The number of rotatable bonds is 8. The van der Waals surface area contributed by atoms with E-state index in [4.69, 9.17) is 16.3 Å². The Morgan fingerprint density at radius 1 is 1.17 bits per heavy atom. The predicted molar refractivity (Wildman–Crippen MR) is 141 cm³/mol. The fourth-order valence-corrected chi connectivity index (χ4v) is 4.43. The number of carbonyl (C=O) groups excluding carboxylic acids is 2. The van der Waals surface area contributed by atoms with Crippen molar-refractivity contribution >= 4 is 52.6 Å². The summed E-state index contributed by atoms with van der Waals surface area (Å²) in [4.78, 5) is 35.4. The van der Waals surface area contributed by atoms with Crippen molar-refractivity contribution < 1.29 is 18.5 Å². The minimum Gasteiger partial charge on any atom is -0.490 e. The summed E-state index contributed by atoms with van der Waals surface area (Å²) in [5.41, 5.74) is 1.05. The summed E-state index contributed by atoms with van der Waals surface area (Å²) in [7, 11) is 0.135. The Hall–Kier alpha value is -3.08. The highest BCUT2D eigenvalue weighted by molar-refractivity contribution is 7.84. The number of aromatic nitrogens is 2. The van der Waals surface area contributed by atoms with E-state index in [1.807, 2.05) is 0 Å². The van der Waals surface area contributed by atoms with E-state index in [1.54, 1.807) is 55.6 Å². The second kappa shape index (κ2) is 11.8. The highest BCUT2D eigenvalue weighted by Crippen LogP contribution is 2.26. The van der Waals surface area contributed by atoms with Crippen molar-refractivity contribution in [2.45, 2.75) is 30.8 Å². The number of piperidine rings is 1. The zero-order valence-corrected chi connectivity index (χ0v) is 21.5. The average Bonchev–Trinajstić information content (AvgIpc) is 2.87. The van der Waals surface area contributed by atoms with E-state index in [1.165, 1.54) is 13.5 Å². The van der Waals surface area contributed by atoms with Gasteiger partial charge in [-0.05, 0) is 74.7 Å². The molecule has 1 saturated heterocycles. The number of ether oxygens (including phenoxy) is 1. The van der Waals surface area contributed by atoms with Crippen LogP contribution in [0.25, 0.3) is 0 Å². The molecule has 1 aliphatic rings. The number of amides is 1. The van der Waals surface area contributed by atoms with Crippen LogP contribution in [0.4, 0.5) is 5.82 Å². The number of hydrogen-bond donors (Lipinski definition) is 2. The van der Waals surface area contributed by atoms with Crippen LogP contribution in [0.2, 0.25) is 5.02 Å². The molecule has 2 N–H and O–H groups in total. The van der Waals surface area contributed by atoms with Gasteiger partial charge < -0.3 is 20.2 Å². The predicted octanol–water partition coefficient (Wildman–Crippen LogP) is 2.73. The second-order valence-corrected chi connectivity index (χ2v) is 10.2. The molecular formula is C25H25BClN4O4S. The van der Waals surface area contributed by atoms with Crippen molar-refractivity contribution in [3.05, 3.63) is 70.6 Å². The van der Waals surface area contributed by atoms with Gasteiger partial charge in [-0.15, -0.1) is 0 Å². The van der Waals surface area contributed by atoms with Gasteiger partial charge in [-0.25, -0.2) is 9.97 Å². The van der Waals surface area contributed by atoms with Gasteiger partial charge in [0.1, 0.15) is 29.0 Å². The van der Waals surface area contributed by atoms with Crippen LogP contribution in [0.5, 0.6) is 5.75 Å². The van der Waals surface area contributed by atoms with E-state index >= 15 is 0 Å². The highest BCUT2D eigenvalue weighted by atomic mass is 35.5. The summed E-state index contributed by atoms with van der Waals surface area (Å²) in [6.07, 6.45) is 4.57. The number of benzene rings is 1. The SMILES string of the molecule is Cc1ccc([B]C(=O)c2ccc(S(C)=O)cc2OC2CCNCC2)c(C(=O)Nc2ccc(Cl)cn2)n1. The quantitative estimate of drug-likeness (QED) is 0.437. The number of pyridine rings is 2. The normalized spacial score (nSPS) is 14.6. The van der Waals surface area contributed by atoms with Gasteiger partial charge >= 0.3 is 0 Å². The molecule has 2 aromatic heterocycles. The molecular weight excluding hydrogens is 499 g/mol. The molecule has 8 nitrogen and oxygen atoms in total. The molecule has 185 valence electrons. The van der Waals surface area contributed by atoms with Crippen LogP contribution in [-0.4, -0.2) is 58.5 Å². The summed E-state index contributed by atoms with van der Waals surface area (Å²) in [6.45, 7) is 3.42. The molecule has 1 atom stereocenters. The van der Waals surface area contributed by atoms with Gasteiger partial charge in [0.2, 0.25) is 0 Å². The van der Waals surface area contributed by atoms with Crippen LogP contribution in [0.3, 0.4) is 0 Å². The third-order valence-electron chi connectivity index (χ3n) is 5.67. The number of carbonyl (C=O) groups is 2. The van der Waals surface area contributed by atoms with Crippen molar-refractivity contribution in [3.8, 4) is 5.75 Å². The number of nitrogens with one attached hydrogen (secondary N) is 2. The van der Waals surface area contributed by atoms with Gasteiger partial charge in [-0.2, -0.15) is 0 Å². The lowest BCUT2D eigenvalue weighted by Crippen LogP contribution is -2.35. The van der Waals surface area contributed by atoms with Crippen molar-refractivity contribution in [3.63, 3.8) is 0 Å². The molecule has 1 radical (unpaired) electrons. The zero-order valence-electron chi connectivity index (χ0n) is 19.9. The minimum absolute atomic E-state index is 0.0485. The third-order valence-corrected chi connectivity index (χ3v) is 6.81. The standard InChI is InChI=1S/C25H25BClN4O4S/c1-15-3-7-20(23(30-15)25(33)31-22-8-4-16(27)14-29-22)26-24(32)19-6-5-18(36(2)34)13-21(19)35-17-9-11-28-12-10-17/h3-8,13-14,17,28H,9-12H2,1-2H3,(H,29,31,33). The molecule has 1 fully saturated rings. The van der Waals surface area contributed by atoms with Crippen molar-refractivity contribution in [2.75, 3.05) is 24.7 Å². The van der Waals surface area contributed by atoms with Gasteiger partial charge in [-0.3, -0.25) is 9.00 Å². The maximum atomic E-state index is 13.4. The molecule has 1 aliphatic heterocycles. The second-order valence-electron chi connectivity index (χ2n) is 8.39. The molecule has 36 heavy (non-hydrogen) atoms. The van der Waals surface area contributed by atoms with Crippen LogP contribution in [-0.2, 0) is 10.8 Å². The first-order valence-corrected chi connectivity index (χ1v) is 13.4. The maximum Gasteiger partial charge on any atom is 0.274 e. The van der Waals surface area contributed by atoms with E-state index in [0.717, 1.165) is 25.9 Å². The van der Waals surface area contributed by atoms with E-state index in [-0.39, 0.29) is 17.5 Å². The van der Waals surface area contributed by atoms with E-state index in [2.05, 4.69) is 20.6 Å². The molecule has 0 bridgehead atoms. The molecule has 4 rings (SSSR count). The van der Waals surface area contributed by atoms with Gasteiger partial charge in [0.05, 0.1) is 5.02 Å². The Bertz CT molecular complexity index is 1300. The Morgan fingerprint density at radius 2 is 1.94 bits per heavy atom. The minimum atomic E-state index is -1.23. The number of aryl methyl sites for hydroxylation is 1. The lowest BCUT2D eigenvalue weighted by Gasteiger charge is -2.25. The third kappa shape index (κ3) is 6.57. The lowest BCUT2D eigenvalue weighted by molar-refractivity contribution is 0.102. The largest absolute Gasteiger partial charge is 0.490 e. The van der Waals surface area contributed by atoms with Crippen LogP contribution >= 0.6 is 11.6 Å². The van der Waals surface area contributed by atoms with Crippen molar-refractivity contribution in [1.82, 2.24) is 15.3 Å². The first-order chi connectivity index (χ1) is 17.3. The lowest BCUT2D eigenvalue weighted by atomic mass is 9.63. The molecule has 3 aromatic rings. The molecule has 3 heterocycles. The van der Waals surface area contributed by atoms with Crippen LogP contribution < -0.4 is 20.8 Å². The number of nitrogens with zero attached hydrogens (tertiary/aromatic N) is 2. The Balaban J connectivity index is 1.60. The van der Waals surface area contributed by atoms with Crippen molar-refractivity contribution in [1.29, 1.82) is 0 Å². The number of halogens is 1. The van der Waals surface area contributed by atoms with Crippen LogP contribution in [0.15, 0.2) is 53.6 Å². The Labute approximate surface area is 217 Å².